The van der Waals surface area contributed by atoms with Crippen molar-refractivity contribution in [2.75, 3.05) is 13.1 Å². The molecule has 6 heteroatoms. The Morgan fingerprint density at radius 3 is 2.23 bits per heavy atom. The number of aryl methyl sites for hydroxylation is 1. The lowest BCUT2D eigenvalue weighted by Gasteiger charge is -2.32. The van der Waals surface area contributed by atoms with Gasteiger partial charge < -0.3 is 16.0 Å². The van der Waals surface area contributed by atoms with E-state index in [2.05, 4.69) is 10.3 Å². The molecule has 1 fully saturated rings. The average Bonchev–Trinajstić information content (AvgIpc) is 2.67. The van der Waals surface area contributed by atoms with Crippen LogP contribution in [0.1, 0.15) is 35.6 Å². The molecule has 0 bridgehead atoms. The van der Waals surface area contributed by atoms with Crippen LogP contribution in [-0.4, -0.2) is 34.9 Å². The van der Waals surface area contributed by atoms with E-state index in [1.54, 1.807) is 17.3 Å². The Morgan fingerprint density at radius 1 is 1.08 bits per heavy atom. The third-order valence-corrected chi connectivity index (χ3v) is 4.90. The van der Waals surface area contributed by atoms with Crippen LogP contribution in [0.4, 0.5) is 4.79 Å². The molecule has 0 saturated carbocycles. The number of carbonyl (C=O) groups is 2. The maximum atomic E-state index is 12.8. The van der Waals surface area contributed by atoms with Crippen molar-refractivity contribution in [3.05, 3.63) is 65.5 Å². The van der Waals surface area contributed by atoms with Crippen LogP contribution in [0.2, 0.25) is 0 Å². The van der Waals surface area contributed by atoms with Gasteiger partial charge in [0.25, 0.3) is 0 Å². The first-order valence-corrected chi connectivity index (χ1v) is 8.86. The SMILES string of the molecule is Cc1ccc(C(NC(=O)N2CCC(C(N)=O)CC2)c2ccncc2)cc1. The number of piperidine rings is 1. The highest BCUT2D eigenvalue weighted by Gasteiger charge is 2.27. The third-order valence-electron chi connectivity index (χ3n) is 4.90. The number of likely N-dealkylation sites (tertiary alicyclic amines) is 1. The highest BCUT2D eigenvalue weighted by Crippen LogP contribution is 2.23. The molecule has 0 spiro atoms. The number of pyridine rings is 1. The number of benzene rings is 1. The molecule has 1 aliphatic rings. The van der Waals surface area contributed by atoms with Crippen molar-refractivity contribution in [2.45, 2.75) is 25.8 Å². The van der Waals surface area contributed by atoms with Crippen LogP contribution in [-0.2, 0) is 4.79 Å². The van der Waals surface area contributed by atoms with Gasteiger partial charge in [0, 0.05) is 31.4 Å². The minimum Gasteiger partial charge on any atom is -0.369 e. The molecule has 3 N–H and O–H groups in total. The molecule has 1 unspecified atom stereocenters. The van der Waals surface area contributed by atoms with Crippen molar-refractivity contribution >= 4 is 11.9 Å². The fourth-order valence-corrected chi connectivity index (χ4v) is 3.26. The number of hydrogen-bond acceptors (Lipinski definition) is 3. The van der Waals surface area contributed by atoms with Crippen molar-refractivity contribution in [1.82, 2.24) is 15.2 Å². The summed E-state index contributed by atoms with van der Waals surface area (Å²) in [6, 6.07) is 11.6. The van der Waals surface area contributed by atoms with Gasteiger partial charge in [0.2, 0.25) is 5.91 Å². The van der Waals surface area contributed by atoms with Crippen molar-refractivity contribution in [2.24, 2.45) is 11.7 Å². The summed E-state index contributed by atoms with van der Waals surface area (Å²) in [6.45, 7) is 3.11. The molecule has 0 aliphatic carbocycles. The summed E-state index contributed by atoms with van der Waals surface area (Å²) in [5.41, 5.74) is 8.53. The molecule has 2 heterocycles. The van der Waals surface area contributed by atoms with Crippen molar-refractivity contribution in [3.63, 3.8) is 0 Å². The number of amides is 3. The average molecular weight is 352 g/mol. The molecule has 3 rings (SSSR count). The van der Waals surface area contributed by atoms with Crippen LogP contribution < -0.4 is 11.1 Å². The van der Waals surface area contributed by atoms with E-state index in [0.29, 0.717) is 25.9 Å². The highest BCUT2D eigenvalue weighted by molar-refractivity contribution is 5.78. The predicted octanol–water partition coefficient (Wildman–Crippen LogP) is 2.39. The minimum atomic E-state index is -0.278. The largest absolute Gasteiger partial charge is 0.369 e. The van der Waals surface area contributed by atoms with E-state index < -0.39 is 0 Å². The van der Waals surface area contributed by atoms with Gasteiger partial charge in [0.1, 0.15) is 0 Å². The fraction of sp³-hybridized carbons (Fsp3) is 0.350. The maximum absolute atomic E-state index is 12.8. The smallest absolute Gasteiger partial charge is 0.318 e. The zero-order valence-corrected chi connectivity index (χ0v) is 14.9. The van der Waals surface area contributed by atoms with E-state index in [4.69, 9.17) is 5.73 Å². The summed E-state index contributed by atoms with van der Waals surface area (Å²) in [7, 11) is 0. The summed E-state index contributed by atoms with van der Waals surface area (Å²) in [6.07, 6.45) is 4.68. The van der Waals surface area contributed by atoms with Crippen LogP contribution in [0.3, 0.4) is 0 Å². The van der Waals surface area contributed by atoms with Crippen LogP contribution in [0, 0.1) is 12.8 Å². The van der Waals surface area contributed by atoms with E-state index in [9.17, 15) is 9.59 Å². The van der Waals surface area contributed by atoms with Crippen LogP contribution in [0.15, 0.2) is 48.8 Å². The van der Waals surface area contributed by atoms with E-state index in [-0.39, 0.29) is 23.9 Å². The Bertz CT molecular complexity index is 753. The molecule has 1 aromatic carbocycles. The van der Waals surface area contributed by atoms with Gasteiger partial charge in [-0.25, -0.2) is 4.79 Å². The number of urea groups is 1. The standard InChI is InChI=1S/C20H24N4O2/c1-14-2-4-15(5-3-14)18(16-6-10-22-11-7-16)23-20(26)24-12-8-17(9-13-24)19(21)25/h2-7,10-11,17-18H,8-9,12-13H2,1H3,(H2,21,25)(H,23,26). The molecular weight excluding hydrogens is 328 g/mol. The van der Waals surface area contributed by atoms with E-state index in [1.165, 1.54) is 5.56 Å². The Balaban J connectivity index is 1.75. The van der Waals surface area contributed by atoms with Crippen LogP contribution >= 0.6 is 0 Å². The van der Waals surface area contributed by atoms with E-state index >= 15 is 0 Å². The molecule has 1 saturated heterocycles. The Kier molecular flexibility index (Phi) is 5.51. The van der Waals surface area contributed by atoms with E-state index in [0.717, 1.165) is 11.1 Å². The maximum Gasteiger partial charge on any atom is 0.318 e. The van der Waals surface area contributed by atoms with Crippen LogP contribution in [0.5, 0.6) is 0 Å². The topological polar surface area (TPSA) is 88.3 Å². The van der Waals surface area contributed by atoms with Crippen molar-refractivity contribution in [3.8, 4) is 0 Å². The van der Waals surface area contributed by atoms with Crippen molar-refractivity contribution < 1.29 is 9.59 Å². The fourth-order valence-electron chi connectivity index (χ4n) is 3.26. The number of nitrogens with zero attached hydrogens (tertiary/aromatic N) is 2. The Hall–Kier alpha value is -2.89. The predicted molar refractivity (Wildman–Crippen MR) is 99.3 cm³/mol. The second kappa shape index (κ2) is 7.99. The van der Waals surface area contributed by atoms with Gasteiger partial charge in [-0.15, -0.1) is 0 Å². The van der Waals surface area contributed by atoms with Gasteiger partial charge in [-0.2, -0.15) is 0 Å². The number of hydrogen-bond donors (Lipinski definition) is 2. The van der Waals surface area contributed by atoms with Gasteiger partial charge in [-0.3, -0.25) is 9.78 Å². The first-order chi connectivity index (χ1) is 12.5. The second-order valence-electron chi connectivity index (χ2n) is 6.74. The van der Waals surface area contributed by atoms with Gasteiger partial charge >= 0.3 is 6.03 Å². The minimum absolute atomic E-state index is 0.129. The molecular formula is C20H24N4O2. The molecule has 2 aromatic rings. The lowest BCUT2D eigenvalue weighted by Crippen LogP contribution is -2.47. The Morgan fingerprint density at radius 2 is 1.65 bits per heavy atom. The molecule has 3 amide bonds. The summed E-state index contributed by atoms with van der Waals surface area (Å²) in [5, 5.41) is 3.13. The van der Waals surface area contributed by atoms with Gasteiger partial charge in [-0.1, -0.05) is 29.8 Å². The normalized spacial score (nSPS) is 16.1. The molecule has 1 atom stereocenters. The van der Waals surface area contributed by atoms with Crippen molar-refractivity contribution in [1.29, 1.82) is 0 Å². The summed E-state index contributed by atoms with van der Waals surface area (Å²) in [5.74, 6) is -0.411. The summed E-state index contributed by atoms with van der Waals surface area (Å²) >= 11 is 0. The molecule has 26 heavy (non-hydrogen) atoms. The highest BCUT2D eigenvalue weighted by atomic mass is 16.2. The summed E-state index contributed by atoms with van der Waals surface area (Å²) in [4.78, 5) is 29.9. The Labute approximate surface area is 153 Å². The lowest BCUT2D eigenvalue weighted by atomic mass is 9.96. The van der Waals surface area contributed by atoms with Gasteiger partial charge in [-0.05, 0) is 43.0 Å². The summed E-state index contributed by atoms with van der Waals surface area (Å²) < 4.78 is 0. The number of primary amides is 1. The monoisotopic (exact) mass is 352 g/mol. The second-order valence-corrected chi connectivity index (χ2v) is 6.74. The quantitative estimate of drug-likeness (QED) is 0.885. The molecule has 1 aromatic heterocycles. The number of carbonyl (C=O) groups excluding carboxylic acids is 2. The molecule has 0 radical (unpaired) electrons. The first kappa shape index (κ1) is 17.9. The molecule has 1 aliphatic heterocycles. The molecule has 136 valence electrons. The first-order valence-electron chi connectivity index (χ1n) is 8.86. The van der Waals surface area contributed by atoms with Crippen LogP contribution in [0.25, 0.3) is 0 Å². The zero-order chi connectivity index (χ0) is 18.5. The number of aromatic nitrogens is 1. The van der Waals surface area contributed by atoms with Gasteiger partial charge in [0.05, 0.1) is 6.04 Å². The lowest BCUT2D eigenvalue weighted by molar-refractivity contribution is -0.123. The zero-order valence-electron chi connectivity index (χ0n) is 14.9. The third kappa shape index (κ3) is 4.20. The number of nitrogens with one attached hydrogen (secondary N) is 1. The van der Waals surface area contributed by atoms with Gasteiger partial charge in [0.15, 0.2) is 0 Å². The molecule has 6 nitrogen and oxygen atoms in total. The van der Waals surface area contributed by atoms with E-state index in [1.807, 2.05) is 43.3 Å². The number of rotatable bonds is 4. The number of nitrogens with two attached hydrogens (primary N) is 1.